The first-order chi connectivity index (χ1) is 13.0. The van der Waals surface area contributed by atoms with Crippen LogP contribution in [0.2, 0.25) is 0 Å². The summed E-state index contributed by atoms with van der Waals surface area (Å²) in [5.74, 6) is -0.476. The zero-order valence-corrected chi connectivity index (χ0v) is 15.1. The second kappa shape index (κ2) is 7.11. The van der Waals surface area contributed by atoms with Crippen molar-refractivity contribution in [2.45, 2.75) is 32.0 Å². The third-order valence-electron chi connectivity index (χ3n) is 5.24. The van der Waals surface area contributed by atoms with Crippen molar-refractivity contribution in [3.05, 3.63) is 53.4 Å². The fourth-order valence-corrected chi connectivity index (χ4v) is 3.82. The van der Waals surface area contributed by atoms with Gasteiger partial charge in [-0.25, -0.2) is 9.37 Å². The second-order valence-corrected chi connectivity index (χ2v) is 7.22. The van der Waals surface area contributed by atoms with Crippen LogP contribution in [-0.4, -0.2) is 63.3 Å². The van der Waals surface area contributed by atoms with Crippen molar-refractivity contribution in [2.24, 2.45) is 0 Å². The molecule has 0 saturated carbocycles. The number of nitrogens with one attached hydrogen (secondary N) is 2. The van der Waals surface area contributed by atoms with Gasteiger partial charge in [0, 0.05) is 50.1 Å². The van der Waals surface area contributed by atoms with E-state index >= 15 is 0 Å². The Morgan fingerprint density at radius 1 is 1.30 bits per heavy atom. The fourth-order valence-electron chi connectivity index (χ4n) is 3.82. The minimum Gasteiger partial charge on any atom is -0.348 e. The number of halogens is 1. The van der Waals surface area contributed by atoms with Crippen LogP contribution in [0.4, 0.5) is 4.39 Å². The van der Waals surface area contributed by atoms with Gasteiger partial charge >= 0.3 is 0 Å². The average Bonchev–Trinajstić information content (AvgIpc) is 3.16. The topological polar surface area (TPSA) is 81.3 Å². The molecular weight excluding hydrogens is 349 g/mol. The SMILES string of the molecule is Cc1ccc(F)c(CN2CCN3C(=O)[C@H](Cc4cnc[nH]4)NC(=O)[C@H]3C2)c1. The fraction of sp³-hybridized carbons (Fsp3) is 0.421. The molecule has 8 heteroatoms. The van der Waals surface area contributed by atoms with E-state index in [2.05, 4.69) is 15.3 Å². The highest BCUT2D eigenvalue weighted by atomic mass is 19.1. The van der Waals surface area contributed by atoms with Gasteiger partial charge in [-0.2, -0.15) is 0 Å². The van der Waals surface area contributed by atoms with Crippen molar-refractivity contribution in [3.8, 4) is 0 Å². The second-order valence-electron chi connectivity index (χ2n) is 7.22. The van der Waals surface area contributed by atoms with Crippen LogP contribution in [0.25, 0.3) is 0 Å². The molecule has 2 N–H and O–H groups in total. The minimum absolute atomic E-state index is 0.0735. The molecule has 1 aromatic carbocycles. The Kier molecular flexibility index (Phi) is 4.65. The third kappa shape index (κ3) is 3.57. The molecule has 2 atom stereocenters. The molecule has 3 heterocycles. The van der Waals surface area contributed by atoms with Crippen LogP contribution >= 0.6 is 0 Å². The molecule has 27 heavy (non-hydrogen) atoms. The summed E-state index contributed by atoms with van der Waals surface area (Å²) >= 11 is 0. The summed E-state index contributed by atoms with van der Waals surface area (Å²) in [5, 5.41) is 2.83. The number of hydrogen-bond donors (Lipinski definition) is 2. The Bertz CT molecular complexity index is 854. The lowest BCUT2D eigenvalue weighted by Crippen LogP contribution is -2.69. The Labute approximate surface area is 156 Å². The molecular formula is C19H22FN5O2. The zero-order valence-electron chi connectivity index (χ0n) is 15.1. The van der Waals surface area contributed by atoms with Gasteiger partial charge in [-0.15, -0.1) is 0 Å². The van der Waals surface area contributed by atoms with E-state index in [9.17, 15) is 14.0 Å². The zero-order chi connectivity index (χ0) is 19.0. The number of fused-ring (bicyclic) bond motifs is 1. The van der Waals surface area contributed by atoms with Crippen molar-refractivity contribution in [1.82, 2.24) is 25.1 Å². The standard InChI is InChI=1S/C19H22FN5O2/c1-12-2-3-15(20)13(6-12)9-24-4-5-25-17(10-24)18(26)23-16(19(25)27)7-14-8-21-11-22-14/h2-3,6,8,11,16-17H,4-5,7,9-10H2,1H3,(H,21,22)(H,23,26)/t16-,17+/m0/s1. The molecule has 0 spiro atoms. The minimum atomic E-state index is -0.574. The van der Waals surface area contributed by atoms with Gasteiger partial charge in [0.1, 0.15) is 17.9 Å². The van der Waals surface area contributed by atoms with Crippen LogP contribution in [0, 0.1) is 12.7 Å². The number of H-pyrrole nitrogens is 1. The number of carbonyl (C=O) groups excluding carboxylic acids is 2. The third-order valence-corrected chi connectivity index (χ3v) is 5.24. The number of carbonyl (C=O) groups is 2. The maximum Gasteiger partial charge on any atom is 0.246 e. The van der Waals surface area contributed by atoms with Crippen molar-refractivity contribution < 1.29 is 14.0 Å². The first-order valence-corrected chi connectivity index (χ1v) is 9.07. The van der Waals surface area contributed by atoms with Crippen LogP contribution in [-0.2, 0) is 22.6 Å². The van der Waals surface area contributed by atoms with Crippen LogP contribution in [0.1, 0.15) is 16.8 Å². The van der Waals surface area contributed by atoms with E-state index in [1.807, 2.05) is 17.9 Å². The molecule has 0 bridgehead atoms. The highest BCUT2D eigenvalue weighted by molar-refractivity contribution is 5.97. The maximum atomic E-state index is 14.0. The quantitative estimate of drug-likeness (QED) is 0.825. The predicted molar refractivity (Wildman–Crippen MR) is 96.1 cm³/mol. The molecule has 2 aromatic rings. The first kappa shape index (κ1) is 17.7. The molecule has 0 radical (unpaired) electrons. The highest BCUT2D eigenvalue weighted by Crippen LogP contribution is 2.20. The largest absolute Gasteiger partial charge is 0.348 e. The first-order valence-electron chi connectivity index (χ1n) is 9.07. The monoisotopic (exact) mass is 371 g/mol. The van der Waals surface area contributed by atoms with E-state index in [1.165, 1.54) is 6.07 Å². The molecule has 2 aliphatic heterocycles. The molecule has 0 aliphatic carbocycles. The van der Waals surface area contributed by atoms with Gasteiger partial charge in [0.2, 0.25) is 11.8 Å². The Balaban J connectivity index is 1.44. The van der Waals surface area contributed by atoms with E-state index in [0.717, 1.165) is 11.3 Å². The molecule has 7 nitrogen and oxygen atoms in total. The van der Waals surface area contributed by atoms with Gasteiger partial charge in [-0.3, -0.25) is 14.5 Å². The van der Waals surface area contributed by atoms with Crippen molar-refractivity contribution in [1.29, 1.82) is 0 Å². The van der Waals surface area contributed by atoms with Crippen LogP contribution < -0.4 is 5.32 Å². The molecule has 2 amide bonds. The predicted octanol–water partition coefficient (Wildman–Crippen LogP) is 0.611. The van der Waals surface area contributed by atoms with Gasteiger partial charge in [0.15, 0.2) is 0 Å². The number of amides is 2. The van der Waals surface area contributed by atoms with Gasteiger partial charge in [0.25, 0.3) is 0 Å². The van der Waals surface area contributed by atoms with E-state index in [0.29, 0.717) is 38.2 Å². The van der Waals surface area contributed by atoms with Crippen LogP contribution in [0.3, 0.4) is 0 Å². The van der Waals surface area contributed by atoms with Gasteiger partial charge in [-0.05, 0) is 13.0 Å². The van der Waals surface area contributed by atoms with Crippen LogP contribution in [0.5, 0.6) is 0 Å². The molecule has 2 aliphatic rings. The summed E-state index contributed by atoms with van der Waals surface area (Å²) in [7, 11) is 0. The molecule has 1 aromatic heterocycles. The summed E-state index contributed by atoms with van der Waals surface area (Å²) < 4.78 is 14.0. The van der Waals surface area contributed by atoms with Gasteiger partial charge in [-0.1, -0.05) is 17.7 Å². The summed E-state index contributed by atoms with van der Waals surface area (Å²) in [6, 6.07) is 3.93. The number of piperazine rings is 2. The summed E-state index contributed by atoms with van der Waals surface area (Å²) in [6.45, 7) is 3.83. The van der Waals surface area contributed by atoms with E-state index in [4.69, 9.17) is 0 Å². The number of aromatic amines is 1. The van der Waals surface area contributed by atoms with Crippen molar-refractivity contribution >= 4 is 11.8 Å². The lowest BCUT2D eigenvalue weighted by atomic mass is 10.0. The number of hydrogen-bond acceptors (Lipinski definition) is 4. The van der Waals surface area contributed by atoms with Crippen molar-refractivity contribution in [3.63, 3.8) is 0 Å². The number of benzene rings is 1. The number of nitrogens with zero attached hydrogens (tertiary/aromatic N) is 3. The Morgan fingerprint density at radius 3 is 2.93 bits per heavy atom. The van der Waals surface area contributed by atoms with Gasteiger partial charge in [0.05, 0.1) is 6.33 Å². The van der Waals surface area contributed by atoms with Crippen LogP contribution in [0.15, 0.2) is 30.7 Å². The smallest absolute Gasteiger partial charge is 0.246 e. The lowest BCUT2D eigenvalue weighted by molar-refractivity contribution is -0.153. The average molecular weight is 371 g/mol. The van der Waals surface area contributed by atoms with E-state index in [1.54, 1.807) is 23.5 Å². The maximum absolute atomic E-state index is 14.0. The number of rotatable bonds is 4. The Morgan fingerprint density at radius 2 is 2.15 bits per heavy atom. The number of aromatic nitrogens is 2. The molecule has 4 rings (SSSR count). The summed E-state index contributed by atoms with van der Waals surface area (Å²) in [6.07, 6.45) is 3.60. The summed E-state index contributed by atoms with van der Waals surface area (Å²) in [4.78, 5) is 36.0. The van der Waals surface area contributed by atoms with E-state index < -0.39 is 12.1 Å². The lowest BCUT2D eigenvalue weighted by Gasteiger charge is -2.45. The molecule has 0 unspecified atom stereocenters. The summed E-state index contributed by atoms with van der Waals surface area (Å²) in [5.41, 5.74) is 2.42. The highest BCUT2D eigenvalue weighted by Gasteiger charge is 2.43. The van der Waals surface area contributed by atoms with E-state index in [-0.39, 0.29) is 17.6 Å². The van der Waals surface area contributed by atoms with Gasteiger partial charge < -0.3 is 15.2 Å². The Hall–Kier alpha value is -2.74. The van der Waals surface area contributed by atoms with Crippen molar-refractivity contribution in [2.75, 3.05) is 19.6 Å². The molecule has 2 fully saturated rings. The number of imidazole rings is 1. The molecule has 142 valence electrons. The molecule has 2 saturated heterocycles. The number of aryl methyl sites for hydroxylation is 1. The normalized spacial score (nSPS) is 23.3.